The molecule has 0 spiro atoms. The van der Waals surface area contributed by atoms with Gasteiger partial charge in [0.15, 0.2) is 17.5 Å². The number of aryl methyl sites for hydroxylation is 1. The highest BCUT2D eigenvalue weighted by molar-refractivity contribution is 6.03. The second-order valence-electron chi connectivity index (χ2n) is 4.08. The molecule has 0 fully saturated rings. The normalized spacial score (nSPS) is 10.3. The minimum absolute atomic E-state index is 0.0954. The summed E-state index contributed by atoms with van der Waals surface area (Å²) < 4.78 is 43.9. The van der Waals surface area contributed by atoms with E-state index in [1.807, 2.05) is 0 Å². The minimum Gasteiger partial charge on any atom is -0.481 e. The molecule has 110 valence electrons. The number of carbonyl (C=O) groups excluding carboxylic acids is 1. The van der Waals surface area contributed by atoms with Crippen LogP contribution in [0.25, 0.3) is 0 Å². The smallest absolute Gasteiger partial charge is 0.258 e. The van der Waals surface area contributed by atoms with E-state index in [4.69, 9.17) is 4.74 Å². The summed E-state index contributed by atoms with van der Waals surface area (Å²) in [4.78, 5) is 19.6. The maximum atomic E-state index is 13.1. The van der Waals surface area contributed by atoms with E-state index in [0.29, 0.717) is 17.8 Å². The molecule has 0 aliphatic carbocycles. The average molecular weight is 297 g/mol. The summed E-state index contributed by atoms with van der Waals surface area (Å²) in [7, 11) is 1.39. The van der Waals surface area contributed by atoms with Gasteiger partial charge in [0.2, 0.25) is 11.8 Å². The molecule has 1 aromatic heterocycles. The molecule has 1 N–H and O–H groups in total. The van der Waals surface area contributed by atoms with Crippen molar-refractivity contribution in [2.45, 2.75) is 6.92 Å². The quantitative estimate of drug-likeness (QED) is 0.884. The molecule has 1 heterocycles. The molecule has 2 aromatic rings. The SMILES string of the molecule is COc1cc(C)nc(NC(=O)c2cc(F)c(F)c(F)c2)n1. The Bertz CT molecular complexity index is 684. The summed E-state index contributed by atoms with van der Waals surface area (Å²) in [5, 5.41) is 2.25. The molecule has 0 saturated carbocycles. The summed E-state index contributed by atoms with van der Waals surface area (Å²) in [5.74, 6) is -5.30. The maximum Gasteiger partial charge on any atom is 0.258 e. The second-order valence-corrected chi connectivity index (χ2v) is 4.08. The summed E-state index contributed by atoms with van der Waals surface area (Å²) in [6.07, 6.45) is 0. The van der Waals surface area contributed by atoms with Gasteiger partial charge in [0.1, 0.15) is 0 Å². The first-order valence-electron chi connectivity index (χ1n) is 5.76. The van der Waals surface area contributed by atoms with Crippen molar-refractivity contribution in [1.29, 1.82) is 0 Å². The van der Waals surface area contributed by atoms with Gasteiger partial charge in [-0.2, -0.15) is 4.98 Å². The van der Waals surface area contributed by atoms with Crippen molar-refractivity contribution in [3.8, 4) is 5.88 Å². The van der Waals surface area contributed by atoms with Gasteiger partial charge in [0.25, 0.3) is 5.91 Å². The number of benzene rings is 1. The molecular weight excluding hydrogens is 287 g/mol. The number of nitrogens with one attached hydrogen (secondary N) is 1. The minimum atomic E-state index is -1.64. The van der Waals surface area contributed by atoms with Crippen LogP contribution in [0.2, 0.25) is 0 Å². The Kier molecular flexibility index (Phi) is 4.06. The third-order valence-electron chi connectivity index (χ3n) is 2.51. The number of anilines is 1. The summed E-state index contributed by atoms with van der Waals surface area (Å²) in [5.41, 5.74) is 0.129. The van der Waals surface area contributed by atoms with E-state index in [2.05, 4.69) is 15.3 Å². The molecule has 2 rings (SSSR count). The van der Waals surface area contributed by atoms with Crippen LogP contribution >= 0.6 is 0 Å². The Morgan fingerprint density at radius 3 is 2.33 bits per heavy atom. The molecule has 0 radical (unpaired) electrons. The molecule has 21 heavy (non-hydrogen) atoms. The first-order chi connectivity index (χ1) is 9.90. The number of rotatable bonds is 3. The van der Waals surface area contributed by atoms with Gasteiger partial charge >= 0.3 is 0 Å². The zero-order valence-corrected chi connectivity index (χ0v) is 11.1. The van der Waals surface area contributed by atoms with Gasteiger partial charge in [0, 0.05) is 17.3 Å². The van der Waals surface area contributed by atoms with Gasteiger partial charge < -0.3 is 4.74 Å². The lowest BCUT2D eigenvalue weighted by Crippen LogP contribution is -2.16. The highest BCUT2D eigenvalue weighted by atomic mass is 19.2. The van der Waals surface area contributed by atoms with Crippen molar-refractivity contribution in [3.63, 3.8) is 0 Å². The molecule has 1 amide bonds. The van der Waals surface area contributed by atoms with E-state index in [9.17, 15) is 18.0 Å². The third kappa shape index (κ3) is 3.28. The number of amides is 1. The molecule has 0 saturated heterocycles. The zero-order valence-electron chi connectivity index (χ0n) is 11.1. The number of methoxy groups -OCH3 is 1. The molecule has 0 aliphatic heterocycles. The third-order valence-corrected chi connectivity index (χ3v) is 2.51. The van der Waals surface area contributed by atoms with Crippen LogP contribution in [0.3, 0.4) is 0 Å². The number of hydrogen-bond acceptors (Lipinski definition) is 4. The lowest BCUT2D eigenvalue weighted by molar-refractivity contribution is 0.102. The van der Waals surface area contributed by atoms with Crippen LogP contribution in [-0.2, 0) is 0 Å². The number of ether oxygens (including phenoxy) is 1. The Hall–Kier alpha value is -2.64. The summed E-state index contributed by atoms with van der Waals surface area (Å²) in [6.45, 7) is 1.65. The number of aromatic nitrogens is 2. The first kappa shape index (κ1) is 14.8. The van der Waals surface area contributed by atoms with Crippen molar-refractivity contribution >= 4 is 11.9 Å². The van der Waals surface area contributed by atoms with E-state index < -0.39 is 28.9 Å². The standard InChI is InChI=1S/C13H10F3N3O2/c1-6-3-10(21-2)18-13(17-6)19-12(20)7-4-8(14)11(16)9(15)5-7/h3-5H,1-2H3,(H,17,18,19,20). The fourth-order valence-corrected chi connectivity index (χ4v) is 1.56. The Morgan fingerprint density at radius 1 is 1.14 bits per heavy atom. The fraction of sp³-hybridized carbons (Fsp3) is 0.154. The van der Waals surface area contributed by atoms with E-state index in [0.717, 1.165) is 0 Å². The second kappa shape index (κ2) is 5.78. The average Bonchev–Trinajstić information content (AvgIpc) is 2.43. The molecule has 8 heteroatoms. The number of carbonyl (C=O) groups is 1. The van der Waals surface area contributed by atoms with Crippen molar-refractivity contribution in [3.05, 3.63) is 46.9 Å². The van der Waals surface area contributed by atoms with Crippen LogP contribution in [0.4, 0.5) is 19.1 Å². The lowest BCUT2D eigenvalue weighted by Gasteiger charge is -2.07. The highest BCUT2D eigenvalue weighted by Gasteiger charge is 2.16. The van der Waals surface area contributed by atoms with Crippen molar-refractivity contribution in [2.75, 3.05) is 12.4 Å². The Balaban J connectivity index is 2.28. The summed E-state index contributed by atoms with van der Waals surface area (Å²) in [6, 6.07) is 2.70. The predicted octanol–water partition coefficient (Wildman–Crippen LogP) is 2.46. The van der Waals surface area contributed by atoms with Gasteiger partial charge in [-0.25, -0.2) is 18.2 Å². The number of halogens is 3. The lowest BCUT2D eigenvalue weighted by atomic mass is 10.2. The van der Waals surface area contributed by atoms with Crippen molar-refractivity contribution in [1.82, 2.24) is 9.97 Å². The topological polar surface area (TPSA) is 64.1 Å². The van der Waals surface area contributed by atoms with Gasteiger partial charge in [-0.1, -0.05) is 0 Å². The molecule has 0 unspecified atom stereocenters. The largest absolute Gasteiger partial charge is 0.481 e. The Morgan fingerprint density at radius 2 is 1.76 bits per heavy atom. The van der Waals surface area contributed by atoms with Crippen LogP contribution in [0.5, 0.6) is 5.88 Å². The predicted molar refractivity (Wildman–Crippen MR) is 67.6 cm³/mol. The van der Waals surface area contributed by atoms with Crippen LogP contribution in [-0.4, -0.2) is 23.0 Å². The van der Waals surface area contributed by atoms with Gasteiger partial charge in [0.05, 0.1) is 7.11 Å². The summed E-state index contributed by atoms with van der Waals surface area (Å²) >= 11 is 0. The van der Waals surface area contributed by atoms with Crippen molar-refractivity contribution in [2.24, 2.45) is 0 Å². The monoisotopic (exact) mass is 297 g/mol. The van der Waals surface area contributed by atoms with E-state index in [-0.39, 0.29) is 11.8 Å². The van der Waals surface area contributed by atoms with Crippen molar-refractivity contribution < 1.29 is 22.7 Å². The first-order valence-corrected chi connectivity index (χ1v) is 5.76. The number of hydrogen-bond donors (Lipinski definition) is 1. The highest BCUT2D eigenvalue weighted by Crippen LogP contribution is 2.16. The van der Waals surface area contributed by atoms with Crippen LogP contribution in [0.15, 0.2) is 18.2 Å². The maximum absolute atomic E-state index is 13.1. The van der Waals surface area contributed by atoms with Gasteiger partial charge in [-0.15, -0.1) is 0 Å². The van der Waals surface area contributed by atoms with Gasteiger partial charge in [-0.05, 0) is 19.1 Å². The number of nitrogens with zero attached hydrogens (tertiary/aromatic N) is 2. The molecule has 0 bridgehead atoms. The molecular formula is C13H10F3N3O2. The zero-order chi connectivity index (χ0) is 15.6. The molecule has 1 aromatic carbocycles. The molecule has 5 nitrogen and oxygen atoms in total. The van der Waals surface area contributed by atoms with E-state index in [1.165, 1.54) is 13.2 Å². The van der Waals surface area contributed by atoms with E-state index in [1.54, 1.807) is 6.92 Å². The van der Waals surface area contributed by atoms with Crippen LogP contribution in [0, 0.1) is 24.4 Å². The van der Waals surface area contributed by atoms with Gasteiger partial charge in [-0.3, -0.25) is 10.1 Å². The Labute approximate surface area is 117 Å². The molecule has 0 atom stereocenters. The molecule has 0 aliphatic rings. The van der Waals surface area contributed by atoms with E-state index >= 15 is 0 Å². The van der Waals surface area contributed by atoms with Crippen LogP contribution in [0.1, 0.15) is 16.1 Å². The van der Waals surface area contributed by atoms with Crippen LogP contribution < -0.4 is 10.1 Å². The fourth-order valence-electron chi connectivity index (χ4n) is 1.56.